The largest absolute Gasteiger partial charge is 0.382 e. The summed E-state index contributed by atoms with van der Waals surface area (Å²) in [6.07, 6.45) is 2.42. The van der Waals surface area contributed by atoms with Gasteiger partial charge in [0.2, 0.25) is 0 Å². The van der Waals surface area contributed by atoms with Crippen molar-refractivity contribution in [2.45, 2.75) is 39.0 Å². The highest BCUT2D eigenvalue weighted by molar-refractivity contribution is 7.89. The summed E-state index contributed by atoms with van der Waals surface area (Å²) in [4.78, 5) is 2.48. The van der Waals surface area contributed by atoms with Crippen LogP contribution in [0.15, 0.2) is 18.2 Å². The number of sulfone groups is 1. The summed E-state index contributed by atoms with van der Waals surface area (Å²) in [6.45, 7) is 9.86. The van der Waals surface area contributed by atoms with E-state index >= 15 is 0 Å². The minimum absolute atomic E-state index is 0.109. The number of rotatable bonds is 5. The van der Waals surface area contributed by atoms with E-state index in [0.29, 0.717) is 12.0 Å². The number of anilines is 1. The number of piperidine rings is 1. The van der Waals surface area contributed by atoms with Crippen LogP contribution in [-0.2, 0) is 15.6 Å². The maximum atomic E-state index is 11.5. The molecule has 1 aromatic carbocycles. The molecular formula is C17H28N2O2S. The van der Waals surface area contributed by atoms with Gasteiger partial charge in [0, 0.05) is 31.1 Å². The zero-order valence-electron chi connectivity index (χ0n) is 14.1. The molecule has 2 rings (SSSR count). The number of nitrogens with one attached hydrogen (secondary N) is 1. The fourth-order valence-electron chi connectivity index (χ4n) is 3.21. The van der Waals surface area contributed by atoms with Crippen molar-refractivity contribution in [3.63, 3.8) is 0 Å². The van der Waals surface area contributed by atoms with Crippen molar-refractivity contribution in [1.82, 2.24) is 4.90 Å². The highest BCUT2D eigenvalue weighted by Gasteiger charge is 2.25. The van der Waals surface area contributed by atoms with E-state index in [9.17, 15) is 8.42 Å². The van der Waals surface area contributed by atoms with Crippen molar-refractivity contribution < 1.29 is 8.42 Å². The van der Waals surface area contributed by atoms with Gasteiger partial charge in [0.05, 0.1) is 5.75 Å². The molecule has 0 spiro atoms. The van der Waals surface area contributed by atoms with Crippen LogP contribution in [0.2, 0.25) is 0 Å². The van der Waals surface area contributed by atoms with Crippen molar-refractivity contribution in [2.75, 3.05) is 31.2 Å². The predicted octanol–water partition coefficient (Wildman–Crippen LogP) is 2.68. The fourth-order valence-corrected chi connectivity index (χ4v) is 4.09. The van der Waals surface area contributed by atoms with Crippen LogP contribution in [0.3, 0.4) is 0 Å². The van der Waals surface area contributed by atoms with E-state index in [-0.39, 0.29) is 5.75 Å². The lowest BCUT2D eigenvalue weighted by Crippen LogP contribution is -2.45. The Morgan fingerprint density at radius 3 is 2.68 bits per heavy atom. The molecule has 5 heteroatoms. The van der Waals surface area contributed by atoms with Crippen LogP contribution in [0, 0.1) is 12.8 Å². The molecule has 1 aromatic rings. The van der Waals surface area contributed by atoms with Gasteiger partial charge in [0.25, 0.3) is 0 Å². The molecule has 1 heterocycles. The Kier molecular flexibility index (Phi) is 5.50. The second kappa shape index (κ2) is 7.01. The maximum Gasteiger partial charge on any atom is 0.151 e. The van der Waals surface area contributed by atoms with Gasteiger partial charge in [-0.25, -0.2) is 8.42 Å². The number of hydrogen-bond acceptors (Lipinski definition) is 4. The first kappa shape index (κ1) is 17.3. The highest BCUT2D eigenvalue weighted by Crippen LogP contribution is 2.25. The Hall–Kier alpha value is -1.07. The van der Waals surface area contributed by atoms with Gasteiger partial charge in [-0.2, -0.15) is 0 Å². The van der Waals surface area contributed by atoms with Crippen molar-refractivity contribution in [2.24, 2.45) is 5.92 Å². The molecule has 0 radical (unpaired) electrons. The third-order valence-corrected chi connectivity index (χ3v) is 5.48. The number of nitrogens with zero attached hydrogens (tertiary/aromatic N) is 1. The van der Waals surface area contributed by atoms with E-state index in [0.717, 1.165) is 42.9 Å². The standard InChI is InChI=1S/C17H28N2O2S/c1-5-19-10-9-16(13(2)11-19)18-17-8-6-7-15(14(17)3)12-22(4,20)21/h6-8,13,16,18H,5,9-12H2,1-4H3/t13-,16+/m1/s1. The SMILES string of the molecule is CCN1CC[C@H](Nc2cccc(CS(C)(=O)=O)c2C)[C@H](C)C1. The van der Waals surface area contributed by atoms with Crippen LogP contribution in [0.5, 0.6) is 0 Å². The summed E-state index contributed by atoms with van der Waals surface area (Å²) in [6, 6.07) is 6.36. The lowest BCUT2D eigenvalue weighted by molar-refractivity contribution is 0.179. The summed E-state index contributed by atoms with van der Waals surface area (Å²) < 4.78 is 23.1. The molecule has 0 amide bonds. The molecule has 0 aromatic heterocycles. The molecule has 2 atom stereocenters. The molecule has 1 aliphatic heterocycles. The van der Waals surface area contributed by atoms with Gasteiger partial charge in [-0.1, -0.05) is 26.0 Å². The summed E-state index contributed by atoms with van der Waals surface area (Å²) in [5.41, 5.74) is 3.02. The van der Waals surface area contributed by atoms with Gasteiger partial charge >= 0.3 is 0 Å². The maximum absolute atomic E-state index is 11.5. The first-order valence-electron chi connectivity index (χ1n) is 8.05. The predicted molar refractivity (Wildman–Crippen MR) is 93.0 cm³/mol. The lowest BCUT2D eigenvalue weighted by Gasteiger charge is -2.37. The highest BCUT2D eigenvalue weighted by atomic mass is 32.2. The number of likely N-dealkylation sites (tertiary alicyclic amines) is 1. The van der Waals surface area contributed by atoms with Crippen molar-refractivity contribution in [3.05, 3.63) is 29.3 Å². The van der Waals surface area contributed by atoms with Crippen molar-refractivity contribution in [3.8, 4) is 0 Å². The van der Waals surface area contributed by atoms with E-state index in [2.05, 4.69) is 30.1 Å². The first-order valence-corrected chi connectivity index (χ1v) is 10.1. The summed E-state index contributed by atoms with van der Waals surface area (Å²) in [7, 11) is -3.01. The Labute approximate surface area is 134 Å². The molecule has 22 heavy (non-hydrogen) atoms. The van der Waals surface area contributed by atoms with Crippen LogP contribution in [0.25, 0.3) is 0 Å². The monoisotopic (exact) mass is 324 g/mol. The van der Waals surface area contributed by atoms with Crippen LogP contribution < -0.4 is 5.32 Å². The quantitative estimate of drug-likeness (QED) is 0.905. The summed E-state index contributed by atoms with van der Waals surface area (Å²) >= 11 is 0. The molecule has 0 aliphatic carbocycles. The topological polar surface area (TPSA) is 49.4 Å². The number of hydrogen-bond donors (Lipinski definition) is 1. The van der Waals surface area contributed by atoms with Crippen LogP contribution in [0.4, 0.5) is 5.69 Å². The van der Waals surface area contributed by atoms with Crippen LogP contribution >= 0.6 is 0 Å². The van der Waals surface area contributed by atoms with Crippen molar-refractivity contribution in [1.29, 1.82) is 0 Å². The van der Waals surface area contributed by atoms with Crippen LogP contribution in [-0.4, -0.2) is 45.2 Å². The number of benzene rings is 1. The van der Waals surface area contributed by atoms with Crippen molar-refractivity contribution >= 4 is 15.5 Å². The normalized spacial score (nSPS) is 23.5. The molecule has 1 aliphatic rings. The Morgan fingerprint density at radius 1 is 1.36 bits per heavy atom. The third-order valence-electron chi connectivity index (χ3n) is 4.64. The summed E-state index contributed by atoms with van der Waals surface area (Å²) in [5, 5.41) is 3.65. The molecule has 4 nitrogen and oxygen atoms in total. The van der Waals surface area contributed by atoms with Gasteiger partial charge < -0.3 is 10.2 Å². The summed E-state index contributed by atoms with van der Waals surface area (Å²) in [5.74, 6) is 0.699. The molecule has 1 N–H and O–H groups in total. The average molecular weight is 324 g/mol. The minimum atomic E-state index is -3.01. The van der Waals surface area contributed by atoms with Gasteiger partial charge in [0.15, 0.2) is 9.84 Å². The van der Waals surface area contributed by atoms with Gasteiger partial charge in [-0.05, 0) is 43.0 Å². The van der Waals surface area contributed by atoms with E-state index in [4.69, 9.17) is 0 Å². The second-order valence-electron chi connectivity index (χ2n) is 6.57. The third kappa shape index (κ3) is 4.46. The Morgan fingerprint density at radius 2 is 2.09 bits per heavy atom. The zero-order chi connectivity index (χ0) is 16.3. The second-order valence-corrected chi connectivity index (χ2v) is 8.71. The van der Waals surface area contributed by atoms with Crippen LogP contribution in [0.1, 0.15) is 31.4 Å². The lowest BCUT2D eigenvalue weighted by atomic mass is 9.93. The molecular weight excluding hydrogens is 296 g/mol. The Bertz CT molecular complexity index is 613. The molecule has 124 valence electrons. The zero-order valence-corrected chi connectivity index (χ0v) is 14.9. The Balaban J connectivity index is 2.12. The molecule has 1 fully saturated rings. The molecule has 0 saturated carbocycles. The van der Waals surface area contributed by atoms with E-state index in [1.165, 1.54) is 6.26 Å². The van der Waals surface area contributed by atoms with Gasteiger partial charge in [-0.15, -0.1) is 0 Å². The smallest absolute Gasteiger partial charge is 0.151 e. The van der Waals surface area contributed by atoms with Gasteiger partial charge in [-0.3, -0.25) is 0 Å². The van der Waals surface area contributed by atoms with E-state index < -0.39 is 9.84 Å². The molecule has 0 unspecified atom stereocenters. The first-order chi connectivity index (χ1) is 10.3. The molecule has 0 bridgehead atoms. The fraction of sp³-hybridized carbons (Fsp3) is 0.647. The van der Waals surface area contributed by atoms with Gasteiger partial charge in [0.1, 0.15) is 0 Å². The molecule has 1 saturated heterocycles. The van der Waals surface area contributed by atoms with E-state index in [1.807, 2.05) is 19.1 Å². The van der Waals surface area contributed by atoms with E-state index in [1.54, 1.807) is 0 Å². The minimum Gasteiger partial charge on any atom is -0.382 e. The average Bonchev–Trinajstić information content (AvgIpc) is 2.43.